The third-order valence-corrected chi connectivity index (χ3v) is 4.07. The van der Waals surface area contributed by atoms with Crippen LogP contribution in [0.25, 0.3) is 0 Å². The fourth-order valence-electron chi connectivity index (χ4n) is 2.90. The third-order valence-electron chi connectivity index (χ3n) is 4.07. The monoisotopic (exact) mass is 288 g/mol. The van der Waals surface area contributed by atoms with Crippen LogP contribution in [0.2, 0.25) is 0 Å². The maximum absolute atomic E-state index is 11.8. The molecule has 0 bridgehead atoms. The molecule has 3 heteroatoms. The van der Waals surface area contributed by atoms with Crippen LogP contribution in [0.1, 0.15) is 56.7 Å². The fraction of sp³-hybridized carbons (Fsp3) is 0.611. The lowest BCUT2D eigenvalue weighted by Crippen LogP contribution is -2.31. The number of hydrogen-bond acceptors (Lipinski definition) is 2. The maximum Gasteiger partial charge on any atom is 0.221 e. The minimum atomic E-state index is 0.151. The van der Waals surface area contributed by atoms with Gasteiger partial charge in [0.15, 0.2) is 0 Å². The van der Waals surface area contributed by atoms with Crippen molar-refractivity contribution in [2.45, 2.75) is 52.0 Å². The number of fused-ring (bicyclic) bond motifs is 1. The van der Waals surface area contributed by atoms with Crippen LogP contribution in [0.15, 0.2) is 24.3 Å². The van der Waals surface area contributed by atoms with Crippen LogP contribution in [0.5, 0.6) is 0 Å². The van der Waals surface area contributed by atoms with Crippen molar-refractivity contribution in [3.63, 3.8) is 0 Å². The number of carbonyl (C=O) groups excluding carboxylic acids is 1. The molecule has 0 fully saturated rings. The van der Waals surface area contributed by atoms with E-state index in [1.54, 1.807) is 0 Å². The van der Waals surface area contributed by atoms with E-state index in [1.165, 1.54) is 36.8 Å². The van der Waals surface area contributed by atoms with E-state index in [2.05, 4.69) is 48.7 Å². The summed E-state index contributed by atoms with van der Waals surface area (Å²) in [7, 11) is 0. The van der Waals surface area contributed by atoms with E-state index in [4.69, 9.17) is 0 Å². The first-order valence-electron chi connectivity index (χ1n) is 8.24. The Balaban J connectivity index is 1.82. The van der Waals surface area contributed by atoms with Crippen molar-refractivity contribution in [3.8, 4) is 0 Å². The first kappa shape index (κ1) is 16.0. The summed E-state index contributed by atoms with van der Waals surface area (Å²) in [6.07, 6.45) is 5.44. The number of rotatable bonds is 6. The van der Waals surface area contributed by atoms with Crippen LogP contribution in [-0.2, 0) is 11.2 Å². The highest BCUT2D eigenvalue weighted by Crippen LogP contribution is 2.28. The molecule has 1 aromatic carbocycles. The van der Waals surface area contributed by atoms with Gasteiger partial charge in [-0.25, -0.2) is 0 Å². The predicted molar refractivity (Wildman–Crippen MR) is 87.2 cm³/mol. The molecule has 1 unspecified atom stereocenters. The predicted octanol–water partition coefficient (Wildman–Crippen LogP) is 3.21. The summed E-state index contributed by atoms with van der Waals surface area (Å²) in [5.74, 6) is 0.661. The Kier molecular flexibility index (Phi) is 6.24. The van der Waals surface area contributed by atoms with E-state index < -0.39 is 0 Å². The Labute approximate surface area is 128 Å². The van der Waals surface area contributed by atoms with Crippen LogP contribution in [0.4, 0.5) is 0 Å². The first-order valence-corrected chi connectivity index (χ1v) is 8.24. The highest BCUT2D eigenvalue weighted by atomic mass is 16.1. The molecule has 0 heterocycles. The topological polar surface area (TPSA) is 41.1 Å². The summed E-state index contributed by atoms with van der Waals surface area (Å²) in [4.78, 5) is 11.8. The molecule has 0 saturated heterocycles. The number of benzene rings is 1. The molecule has 1 aliphatic rings. The molecule has 2 N–H and O–H groups in total. The van der Waals surface area contributed by atoms with Crippen molar-refractivity contribution in [1.82, 2.24) is 10.6 Å². The standard InChI is InChI=1S/C18H28N2O/c1-14(2)13-20-18(21)11-12-19-17-10-6-4-8-15-7-3-5-9-16(15)17/h3,5,7,9,14,17,19H,4,6,8,10-13H2,1-2H3,(H,20,21). The lowest BCUT2D eigenvalue weighted by atomic mass is 9.99. The van der Waals surface area contributed by atoms with Gasteiger partial charge in [-0.15, -0.1) is 0 Å². The zero-order valence-corrected chi connectivity index (χ0v) is 13.3. The van der Waals surface area contributed by atoms with Gasteiger partial charge in [0.1, 0.15) is 0 Å². The van der Waals surface area contributed by atoms with Crippen molar-refractivity contribution in [2.24, 2.45) is 5.92 Å². The number of hydrogen-bond donors (Lipinski definition) is 2. The average molecular weight is 288 g/mol. The molecule has 1 aromatic rings. The van der Waals surface area contributed by atoms with Crippen LogP contribution < -0.4 is 10.6 Å². The molecular formula is C18H28N2O. The van der Waals surface area contributed by atoms with Crippen molar-refractivity contribution in [2.75, 3.05) is 13.1 Å². The molecular weight excluding hydrogens is 260 g/mol. The van der Waals surface area contributed by atoms with E-state index in [1.807, 2.05) is 0 Å². The van der Waals surface area contributed by atoms with Gasteiger partial charge < -0.3 is 10.6 Å². The van der Waals surface area contributed by atoms with Crippen molar-refractivity contribution in [3.05, 3.63) is 35.4 Å². The van der Waals surface area contributed by atoms with Gasteiger partial charge in [0.25, 0.3) is 0 Å². The second-order valence-corrected chi connectivity index (χ2v) is 6.40. The fourth-order valence-corrected chi connectivity index (χ4v) is 2.90. The lowest BCUT2D eigenvalue weighted by Gasteiger charge is -2.19. The van der Waals surface area contributed by atoms with Gasteiger partial charge in [0, 0.05) is 25.6 Å². The lowest BCUT2D eigenvalue weighted by molar-refractivity contribution is -0.121. The van der Waals surface area contributed by atoms with Crippen molar-refractivity contribution < 1.29 is 4.79 Å². The van der Waals surface area contributed by atoms with Crippen LogP contribution in [0.3, 0.4) is 0 Å². The SMILES string of the molecule is CC(C)CNC(=O)CCNC1CCCCc2ccccc21. The van der Waals surface area contributed by atoms with Gasteiger partial charge in [-0.05, 0) is 36.3 Å². The maximum atomic E-state index is 11.8. The zero-order chi connectivity index (χ0) is 15.1. The Morgan fingerprint density at radius 2 is 2.10 bits per heavy atom. The minimum Gasteiger partial charge on any atom is -0.356 e. The Hall–Kier alpha value is -1.35. The summed E-state index contributed by atoms with van der Waals surface area (Å²) >= 11 is 0. The molecule has 3 nitrogen and oxygen atoms in total. The molecule has 21 heavy (non-hydrogen) atoms. The van der Waals surface area contributed by atoms with Crippen molar-refractivity contribution in [1.29, 1.82) is 0 Å². The molecule has 116 valence electrons. The molecule has 0 radical (unpaired) electrons. The highest BCUT2D eigenvalue weighted by molar-refractivity contribution is 5.76. The van der Waals surface area contributed by atoms with E-state index in [0.717, 1.165) is 13.1 Å². The number of carbonyl (C=O) groups is 1. The molecule has 0 aliphatic heterocycles. The number of aryl methyl sites for hydroxylation is 1. The quantitative estimate of drug-likeness (QED) is 0.789. The van der Waals surface area contributed by atoms with Gasteiger partial charge in [0.2, 0.25) is 5.91 Å². The summed E-state index contributed by atoms with van der Waals surface area (Å²) in [5.41, 5.74) is 2.90. The van der Waals surface area contributed by atoms with Gasteiger partial charge in [-0.1, -0.05) is 44.5 Å². The third kappa shape index (κ3) is 5.16. The van der Waals surface area contributed by atoms with Gasteiger partial charge in [-0.2, -0.15) is 0 Å². The normalized spacial score (nSPS) is 18.1. The van der Waals surface area contributed by atoms with Gasteiger partial charge in [0.05, 0.1) is 0 Å². The zero-order valence-electron chi connectivity index (χ0n) is 13.3. The molecule has 1 atom stereocenters. The molecule has 0 aromatic heterocycles. The summed E-state index contributed by atoms with van der Waals surface area (Å²) in [6, 6.07) is 9.12. The Morgan fingerprint density at radius 3 is 2.90 bits per heavy atom. The smallest absolute Gasteiger partial charge is 0.221 e. The number of nitrogens with one attached hydrogen (secondary N) is 2. The molecule has 2 rings (SSSR count). The summed E-state index contributed by atoms with van der Waals surface area (Å²) < 4.78 is 0. The minimum absolute atomic E-state index is 0.151. The highest BCUT2D eigenvalue weighted by Gasteiger charge is 2.17. The van der Waals surface area contributed by atoms with Crippen LogP contribution in [-0.4, -0.2) is 19.0 Å². The second-order valence-electron chi connectivity index (χ2n) is 6.40. The van der Waals surface area contributed by atoms with Crippen LogP contribution in [0, 0.1) is 5.92 Å². The van der Waals surface area contributed by atoms with E-state index in [9.17, 15) is 4.79 Å². The van der Waals surface area contributed by atoms with E-state index in [0.29, 0.717) is 18.4 Å². The molecule has 0 spiro atoms. The van der Waals surface area contributed by atoms with E-state index >= 15 is 0 Å². The Morgan fingerprint density at radius 1 is 1.29 bits per heavy atom. The molecule has 1 aliphatic carbocycles. The van der Waals surface area contributed by atoms with Crippen LogP contribution >= 0.6 is 0 Å². The summed E-state index contributed by atoms with van der Waals surface area (Å²) in [6.45, 7) is 5.75. The molecule has 1 amide bonds. The Bertz CT molecular complexity index is 456. The van der Waals surface area contributed by atoms with Gasteiger partial charge >= 0.3 is 0 Å². The molecule has 0 saturated carbocycles. The van der Waals surface area contributed by atoms with Crippen molar-refractivity contribution >= 4 is 5.91 Å². The largest absolute Gasteiger partial charge is 0.356 e. The summed E-state index contributed by atoms with van der Waals surface area (Å²) in [5, 5.41) is 6.55. The number of amides is 1. The van der Waals surface area contributed by atoms with E-state index in [-0.39, 0.29) is 5.91 Å². The van der Waals surface area contributed by atoms with Gasteiger partial charge in [-0.3, -0.25) is 4.79 Å². The second kappa shape index (κ2) is 8.18. The average Bonchev–Trinajstić information content (AvgIpc) is 2.68. The first-order chi connectivity index (χ1) is 10.2.